The average Bonchev–Trinajstić information content (AvgIpc) is 2.92. The molecule has 0 radical (unpaired) electrons. The molecule has 0 bridgehead atoms. The summed E-state index contributed by atoms with van der Waals surface area (Å²) < 4.78 is 16.0. The van der Waals surface area contributed by atoms with Crippen LogP contribution in [0.2, 0.25) is 0 Å². The Hall–Kier alpha value is -1.26. The van der Waals surface area contributed by atoms with Gasteiger partial charge < -0.3 is 14.2 Å². The van der Waals surface area contributed by atoms with Crippen molar-refractivity contribution in [3.63, 3.8) is 0 Å². The SMILES string of the molecule is COCCN1CCC[C@@H]1c1cc(OC)ccc1OC. The van der Waals surface area contributed by atoms with Gasteiger partial charge in [0.1, 0.15) is 11.5 Å². The maximum absolute atomic E-state index is 5.50. The predicted octanol–water partition coefficient (Wildman–Crippen LogP) is 2.49. The Labute approximate surface area is 115 Å². The van der Waals surface area contributed by atoms with Gasteiger partial charge >= 0.3 is 0 Å². The van der Waals surface area contributed by atoms with Crippen molar-refractivity contribution in [3.8, 4) is 11.5 Å². The van der Waals surface area contributed by atoms with E-state index in [0.717, 1.165) is 37.6 Å². The maximum atomic E-state index is 5.50. The van der Waals surface area contributed by atoms with Crippen LogP contribution in [0.4, 0.5) is 0 Å². The van der Waals surface area contributed by atoms with Gasteiger partial charge in [0.15, 0.2) is 0 Å². The fraction of sp³-hybridized carbons (Fsp3) is 0.600. The molecule has 4 nitrogen and oxygen atoms in total. The predicted molar refractivity (Wildman–Crippen MR) is 75.0 cm³/mol. The van der Waals surface area contributed by atoms with Crippen molar-refractivity contribution in [1.29, 1.82) is 0 Å². The molecule has 0 amide bonds. The van der Waals surface area contributed by atoms with Gasteiger partial charge in [0, 0.05) is 25.3 Å². The van der Waals surface area contributed by atoms with Crippen molar-refractivity contribution in [2.45, 2.75) is 18.9 Å². The number of likely N-dealkylation sites (tertiary alicyclic amines) is 1. The Balaban J connectivity index is 2.23. The van der Waals surface area contributed by atoms with Crippen LogP contribution in [-0.2, 0) is 4.74 Å². The van der Waals surface area contributed by atoms with Crippen LogP contribution in [0.1, 0.15) is 24.4 Å². The second-order valence-electron chi connectivity index (χ2n) is 4.79. The molecule has 0 N–H and O–H groups in total. The van der Waals surface area contributed by atoms with Crippen molar-refractivity contribution < 1.29 is 14.2 Å². The van der Waals surface area contributed by atoms with Crippen LogP contribution in [0.15, 0.2) is 18.2 Å². The first-order chi connectivity index (χ1) is 9.30. The van der Waals surface area contributed by atoms with Crippen molar-refractivity contribution in [2.75, 3.05) is 41.0 Å². The summed E-state index contributed by atoms with van der Waals surface area (Å²) in [5.41, 5.74) is 1.22. The molecule has 1 aromatic rings. The molecule has 2 rings (SSSR count). The zero-order valence-electron chi connectivity index (χ0n) is 12.0. The quantitative estimate of drug-likeness (QED) is 0.790. The summed E-state index contributed by atoms with van der Waals surface area (Å²) in [5, 5.41) is 0. The van der Waals surface area contributed by atoms with E-state index < -0.39 is 0 Å². The lowest BCUT2D eigenvalue weighted by Gasteiger charge is -2.26. The second-order valence-corrected chi connectivity index (χ2v) is 4.79. The standard InChI is InChI=1S/C15H23NO3/c1-17-10-9-16-8-4-5-14(16)13-11-12(18-2)6-7-15(13)19-3/h6-7,11,14H,4-5,8-10H2,1-3H3/t14-/m1/s1. The molecular formula is C15H23NO3. The van der Waals surface area contributed by atoms with Crippen LogP contribution in [-0.4, -0.2) is 45.9 Å². The number of rotatable bonds is 6. The number of methoxy groups -OCH3 is 3. The van der Waals surface area contributed by atoms with Crippen LogP contribution < -0.4 is 9.47 Å². The van der Waals surface area contributed by atoms with E-state index in [0.29, 0.717) is 6.04 Å². The van der Waals surface area contributed by atoms with Crippen LogP contribution in [0, 0.1) is 0 Å². The summed E-state index contributed by atoms with van der Waals surface area (Å²) in [5.74, 6) is 1.82. The molecule has 19 heavy (non-hydrogen) atoms. The summed E-state index contributed by atoms with van der Waals surface area (Å²) in [4.78, 5) is 2.46. The Morgan fingerprint density at radius 2 is 2.05 bits per heavy atom. The molecule has 1 aromatic carbocycles. The second kappa shape index (κ2) is 6.78. The Bertz CT molecular complexity index is 408. The Morgan fingerprint density at radius 3 is 2.74 bits per heavy atom. The summed E-state index contributed by atoms with van der Waals surface area (Å²) in [6.07, 6.45) is 2.38. The van der Waals surface area contributed by atoms with Gasteiger partial charge in [-0.3, -0.25) is 4.90 Å². The van der Waals surface area contributed by atoms with Gasteiger partial charge in [-0.25, -0.2) is 0 Å². The lowest BCUT2D eigenvalue weighted by molar-refractivity contribution is 0.140. The zero-order chi connectivity index (χ0) is 13.7. The molecule has 1 heterocycles. The molecule has 1 aliphatic rings. The minimum atomic E-state index is 0.403. The highest BCUT2D eigenvalue weighted by molar-refractivity contribution is 5.42. The molecule has 0 unspecified atom stereocenters. The van der Waals surface area contributed by atoms with Gasteiger partial charge in [0.25, 0.3) is 0 Å². The number of benzene rings is 1. The number of ether oxygens (including phenoxy) is 3. The Morgan fingerprint density at radius 1 is 1.21 bits per heavy atom. The first-order valence-corrected chi connectivity index (χ1v) is 6.75. The van der Waals surface area contributed by atoms with E-state index in [4.69, 9.17) is 14.2 Å². The molecule has 0 aromatic heterocycles. The van der Waals surface area contributed by atoms with Crippen LogP contribution >= 0.6 is 0 Å². The molecule has 1 fully saturated rings. The summed E-state index contributed by atoms with van der Waals surface area (Å²) >= 11 is 0. The number of nitrogens with zero attached hydrogens (tertiary/aromatic N) is 1. The molecule has 4 heteroatoms. The van der Waals surface area contributed by atoms with Crippen LogP contribution in [0.25, 0.3) is 0 Å². The zero-order valence-corrected chi connectivity index (χ0v) is 12.0. The third-order valence-electron chi connectivity index (χ3n) is 3.74. The molecule has 0 spiro atoms. The number of hydrogen-bond donors (Lipinski definition) is 0. The normalized spacial score (nSPS) is 19.6. The number of hydrogen-bond acceptors (Lipinski definition) is 4. The summed E-state index contributed by atoms with van der Waals surface area (Å²) in [6.45, 7) is 2.85. The minimum absolute atomic E-state index is 0.403. The third kappa shape index (κ3) is 3.19. The van der Waals surface area contributed by atoms with Crippen molar-refractivity contribution in [2.24, 2.45) is 0 Å². The smallest absolute Gasteiger partial charge is 0.123 e. The highest BCUT2D eigenvalue weighted by atomic mass is 16.5. The van der Waals surface area contributed by atoms with E-state index in [1.54, 1.807) is 21.3 Å². The molecule has 0 aliphatic carbocycles. The van der Waals surface area contributed by atoms with Crippen LogP contribution in [0.5, 0.6) is 11.5 Å². The van der Waals surface area contributed by atoms with Crippen LogP contribution in [0.3, 0.4) is 0 Å². The van der Waals surface area contributed by atoms with Crippen molar-refractivity contribution in [1.82, 2.24) is 4.90 Å². The minimum Gasteiger partial charge on any atom is -0.497 e. The van der Waals surface area contributed by atoms with E-state index in [-0.39, 0.29) is 0 Å². The lowest BCUT2D eigenvalue weighted by atomic mass is 10.0. The van der Waals surface area contributed by atoms with E-state index in [9.17, 15) is 0 Å². The van der Waals surface area contributed by atoms with Gasteiger partial charge in [0.05, 0.1) is 20.8 Å². The Kier molecular flexibility index (Phi) is 5.05. The first-order valence-electron chi connectivity index (χ1n) is 6.75. The van der Waals surface area contributed by atoms with Crippen molar-refractivity contribution >= 4 is 0 Å². The largest absolute Gasteiger partial charge is 0.497 e. The average molecular weight is 265 g/mol. The molecule has 1 saturated heterocycles. The third-order valence-corrected chi connectivity index (χ3v) is 3.74. The fourth-order valence-corrected chi connectivity index (χ4v) is 2.75. The maximum Gasteiger partial charge on any atom is 0.123 e. The van der Waals surface area contributed by atoms with E-state index in [1.165, 1.54) is 12.0 Å². The van der Waals surface area contributed by atoms with E-state index >= 15 is 0 Å². The summed E-state index contributed by atoms with van der Waals surface area (Å²) in [6, 6.07) is 6.42. The molecule has 0 saturated carbocycles. The fourth-order valence-electron chi connectivity index (χ4n) is 2.75. The van der Waals surface area contributed by atoms with E-state index in [2.05, 4.69) is 11.0 Å². The topological polar surface area (TPSA) is 30.9 Å². The van der Waals surface area contributed by atoms with Gasteiger partial charge in [-0.2, -0.15) is 0 Å². The molecule has 106 valence electrons. The highest BCUT2D eigenvalue weighted by Crippen LogP contribution is 2.38. The van der Waals surface area contributed by atoms with Gasteiger partial charge in [-0.15, -0.1) is 0 Å². The summed E-state index contributed by atoms with van der Waals surface area (Å²) in [7, 11) is 5.17. The molecular weight excluding hydrogens is 242 g/mol. The van der Waals surface area contributed by atoms with Gasteiger partial charge in [-0.05, 0) is 37.6 Å². The van der Waals surface area contributed by atoms with Crippen molar-refractivity contribution in [3.05, 3.63) is 23.8 Å². The van der Waals surface area contributed by atoms with Gasteiger partial charge in [-0.1, -0.05) is 0 Å². The lowest BCUT2D eigenvalue weighted by Crippen LogP contribution is -2.27. The molecule has 1 atom stereocenters. The monoisotopic (exact) mass is 265 g/mol. The first kappa shape index (κ1) is 14.2. The van der Waals surface area contributed by atoms with Gasteiger partial charge in [0.2, 0.25) is 0 Å². The highest BCUT2D eigenvalue weighted by Gasteiger charge is 2.28. The van der Waals surface area contributed by atoms with E-state index in [1.807, 2.05) is 12.1 Å². The molecule has 1 aliphatic heterocycles.